The van der Waals surface area contributed by atoms with Gasteiger partial charge in [0.15, 0.2) is 0 Å². The average molecular weight is 295 g/mol. The monoisotopic (exact) mass is 295 g/mol. The molecule has 1 aromatic heterocycles. The molecular formula is C13H17N3O5. The Morgan fingerprint density at radius 3 is 2.38 bits per heavy atom. The van der Waals surface area contributed by atoms with Gasteiger partial charge in [-0.3, -0.25) is 0 Å². The van der Waals surface area contributed by atoms with E-state index < -0.39 is 5.97 Å². The van der Waals surface area contributed by atoms with E-state index in [0.717, 1.165) is 0 Å². The zero-order valence-corrected chi connectivity index (χ0v) is 11.9. The number of nitrogens with zero attached hydrogens (tertiary/aromatic N) is 3. The molecule has 0 aromatic carbocycles. The summed E-state index contributed by atoms with van der Waals surface area (Å²) < 4.78 is 9.69. The predicted octanol–water partition coefficient (Wildman–Crippen LogP) is 0.677. The number of carboxylic acid groups (broad SMARTS) is 1. The maximum absolute atomic E-state index is 11.4. The molecule has 2 heterocycles. The van der Waals surface area contributed by atoms with Gasteiger partial charge in [0.1, 0.15) is 11.4 Å². The highest BCUT2D eigenvalue weighted by atomic mass is 16.5. The first-order chi connectivity index (χ1) is 10.1. The molecule has 1 saturated heterocycles. The Morgan fingerprint density at radius 1 is 1.19 bits per heavy atom. The van der Waals surface area contributed by atoms with Crippen molar-refractivity contribution in [3.63, 3.8) is 0 Å². The van der Waals surface area contributed by atoms with Gasteiger partial charge >= 0.3 is 12.1 Å². The van der Waals surface area contributed by atoms with Crippen molar-refractivity contribution in [2.75, 3.05) is 45.3 Å². The minimum absolute atomic E-state index is 0.0226. The number of amides is 1. The number of hydrogen-bond donors (Lipinski definition) is 1. The molecule has 0 saturated carbocycles. The second kappa shape index (κ2) is 6.29. The van der Waals surface area contributed by atoms with Gasteiger partial charge < -0.3 is 24.4 Å². The molecule has 1 amide bonds. The molecule has 1 aromatic rings. The van der Waals surface area contributed by atoms with Gasteiger partial charge in [-0.15, -0.1) is 0 Å². The number of rotatable bonds is 3. The van der Waals surface area contributed by atoms with Gasteiger partial charge in [0.2, 0.25) is 5.88 Å². The van der Waals surface area contributed by atoms with E-state index in [4.69, 9.17) is 9.84 Å². The van der Waals surface area contributed by atoms with E-state index in [-0.39, 0.29) is 17.5 Å². The predicted molar refractivity (Wildman–Crippen MR) is 73.9 cm³/mol. The van der Waals surface area contributed by atoms with Gasteiger partial charge in [-0.2, -0.15) is 4.98 Å². The van der Waals surface area contributed by atoms with Crippen LogP contribution in [0.5, 0.6) is 5.88 Å². The zero-order valence-electron chi connectivity index (χ0n) is 11.9. The first-order valence-electron chi connectivity index (χ1n) is 6.43. The molecule has 114 valence electrons. The third kappa shape index (κ3) is 3.15. The van der Waals surface area contributed by atoms with E-state index in [1.165, 1.54) is 20.3 Å². The highest BCUT2D eigenvalue weighted by Gasteiger charge is 2.23. The van der Waals surface area contributed by atoms with Crippen LogP contribution in [0.3, 0.4) is 0 Å². The Labute approximate surface area is 121 Å². The van der Waals surface area contributed by atoms with Crippen molar-refractivity contribution in [3.8, 4) is 5.88 Å². The van der Waals surface area contributed by atoms with Gasteiger partial charge in [-0.1, -0.05) is 0 Å². The van der Waals surface area contributed by atoms with Crippen LogP contribution in [0.25, 0.3) is 0 Å². The van der Waals surface area contributed by atoms with Gasteiger partial charge in [-0.05, 0) is 12.1 Å². The standard InChI is InChI=1S/C13H17N3O5/c1-20-11-9(12(17)18)3-4-10(14-11)15-5-7-16(8-6-15)13(19)21-2/h3-4H,5-8H2,1-2H3,(H,17,18). The molecule has 1 fully saturated rings. The van der Waals surface area contributed by atoms with Crippen molar-refractivity contribution in [2.45, 2.75) is 0 Å². The molecular weight excluding hydrogens is 278 g/mol. The van der Waals surface area contributed by atoms with Crippen LogP contribution in [0, 0.1) is 0 Å². The number of aromatic nitrogens is 1. The molecule has 1 aliphatic rings. The summed E-state index contributed by atoms with van der Waals surface area (Å²) >= 11 is 0. The smallest absolute Gasteiger partial charge is 0.409 e. The lowest BCUT2D eigenvalue weighted by Crippen LogP contribution is -2.49. The average Bonchev–Trinajstić information content (AvgIpc) is 2.53. The lowest BCUT2D eigenvalue weighted by Gasteiger charge is -2.34. The van der Waals surface area contributed by atoms with E-state index in [0.29, 0.717) is 32.0 Å². The summed E-state index contributed by atoms with van der Waals surface area (Å²) in [5.41, 5.74) is 0.0226. The summed E-state index contributed by atoms with van der Waals surface area (Å²) in [5, 5.41) is 9.03. The largest absolute Gasteiger partial charge is 0.480 e. The van der Waals surface area contributed by atoms with Crippen LogP contribution in [-0.2, 0) is 4.74 Å². The van der Waals surface area contributed by atoms with Crippen molar-refractivity contribution in [3.05, 3.63) is 17.7 Å². The fourth-order valence-electron chi connectivity index (χ4n) is 2.17. The summed E-state index contributed by atoms with van der Waals surface area (Å²) in [6, 6.07) is 3.11. The van der Waals surface area contributed by atoms with E-state index >= 15 is 0 Å². The van der Waals surface area contributed by atoms with Crippen molar-refractivity contribution < 1.29 is 24.2 Å². The van der Waals surface area contributed by atoms with E-state index in [9.17, 15) is 9.59 Å². The number of methoxy groups -OCH3 is 2. The SMILES string of the molecule is COC(=O)N1CCN(c2ccc(C(=O)O)c(OC)n2)CC1. The summed E-state index contributed by atoms with van der Waals surface area (Å²) in [6.07, 6.45) is -0.346. The molecule has 1 N–H and O–H groups in total. The number of carbonyl (C=O) groups excluding carboxylic acids is 1. The Hall–Kier alpha value is -2.51. The molecule has 0 bridgehead atoms. The molecule has 0 unspecified atom stereocenters. The van der Waals surface area contributed by atoms with E-state index in [2.05, 4.69) is 9.72 Å². The van der Waals surface area contributed by atoms with Crippen molar-refractivity contribution in [1.29, 1.82) is 0 Å². The van der Waals surface area contributed by atoms with Crippen LogP contribution in [0.4, 0.5) is 10.6 Å². The van der Waals surface area contributed by atoms with E-state index in [1.807, 2.05) is 4.90 Å². The van der Waals surface area contributed by atoms with Gasteiger partial charge in [-0.25, -0.2) is 9.59 Å². The lowest BCUT2D eigenvalue weighted by molar-refractivity contribution is 0.0692. The maximum atomic E-state index is 11.4. The Bertz CT molecular complexity index is 541. The summed E-state index contributed by atoms with van der Waals surface area (Å²) in [4.78, 5) is 30.2. The number of ether oxygens (including phenoxy) is 2. The van der Waals surface area contributed by atoms with Crippen molar-refractivity contribution >= 4 is 17.9 Å². The highest BCUT2D eigenvalue weighted by Crippen LogP contribution is 2.22. The lowest BCUT2D eigenvalue weighted by atomic mass is 10.2. The fraction of sp³-hybridized carbons (Fsp3) is 0.462. The highest BCUT2D eigenvalue weighted by molar-refractivity contribution is 5.90. The summed E-state index contributed by atoms with van der Waals surface area (Å²) in [6.45, 7) is 2.24. The van der Waals surface area contributed by atoms with Crippen molar-refractivity contribution in [1.82, 2.24) is 9.88 Å². The molecule has 8 heteroatoms. The van der Waals surface area contributed by atoms with Gasteiger partial charge in [0.25, 0.3) is 0 Å². The van der Waals surface area contributed by atoms with Crippen LogP contribution in [0.2, 0.25) is 0 Å². The van der Waals surface area contributed by atoms with Gasteiger partial charge in [0, 0.05) is 26.2 Å². The normalized spacial score (nSPS) is 14.8. The fourth-order valence-corrected chi connectivity index (χ4v) is 2.17. The third-order valence-electron chi connectivity index (χ3n) is 3.31. The number of carbonyl (C=O) groups is 2. The number of anilines is 1. The molecule has 1 aliphatic heterocycles. The Balaban J connectivity index is 2.10. The van der Waals surface area contributed by atoms with Crippen LogP contribution >= 0.6 is 0 Å². The van der Waals surface area contributed by atoms with Crippen LogP contribution in [0.1, 0.15) is 10.4 Å². The number of piperazine rings is 1. The maximum Gasteiger partial charge on any atom is 0.409 e. The second-order valence-corrected chi connectivity index (χ2v) is 4.48. The molecule has 21 heavy (non-hydrogen) atoms. The van der Waals surface area contributed by atoms with Crippen LogP contribution < -0.4 is 9.64 Å². The Kier molecular flexibility index (Phi) is 4.46. The zero-order chi connectivity index (χ0) is 15.4. The third-order valence-corrected chi connectivity index (χ3v) is 3.31. The molecule has 0 radical (unpaired) electrons. The number of carboxylic acids is 1. The van der Waals surface area contributed by atoms with Gasteiger partial charge in [0.05, 0.1) is 14.2 Å². The quantitative estimate of drug-likeness (QED) is 0.876. The summed E-state index contributed by atoms with van der Waals surface area (Å²) in [7, 11) is 2.74. The first kappa shape index (κ1) is 14.9. The molecule has 0 spiro atoms. The number of hydrogen-bond acceptors (Lipinski definition) is 6. The second-order valence-electron chi connectivity index (χ2n) is 4.48. The molecule has 0 atom stereocenters. The molecule has 0 aliphatic carbocycles. The number of pyridine rings is 1. The van der Waals surface area contributed by atoms with E-state index in [1.54, 1.807) is 11.0 Å². The summed E-state index contributed by atoms with van der Waals surface area (Å²) in [5.74, 6) is -0.377. The first-order valence-corrected chi connectivity index (χ1v) is 6.43. The Morgan fingerprint density at radius 2 is 1.86 bits per heavy atom. The van der Waals surface area contributed by atoms with Crippen molar-refractivity contribution in [2.24, 2.45) is 0 Å². The minimum Gasteiger partial charge on any atom is -0.480 e. The molecule has 2 rings (SSSR count). The topological polar surface area (TPSA) is 92.2 Å². The minimum atomic E-state index is -1.08. The van der Waals surface area contributed by atoms with Crippen LogP contribution in [-0.4, -0.2) is 67.5 Å². The molecule has 8 nitrogen and oxygen atoms in total. The number of aromatic carboxylic acids is 1. The van der Waals surface area contributed by atoms with Crippen LogP contribution in [0.15, 0.2) is 12.1 Å².